The van der Waals surface area contributed by atoms with Gasteiger partial charge in [-0.25, -0.2) is 0 Å². The van der Waals surface area contributed by atoms with Crippen molar-refractivity contribution in [2.45, 2.75) is 31.8 Å². The Labute approximate surface area is 89.7 Å². The highest BCUT2D eigenvalue weighted by Gasteiger charge is 2.21. The molecule has 0 aromatic rings. The normalized spacial score (nSPS) is 24.8. The molecule has 14 heavy (non-hydrogen) atoms. The van der Waals surface area contributed by atoms with Gasteiger partial charge in [-0.15, -0.1) is 0 Å². The van der Waals surface area contributed by atoms with Crippen molar-refractivity contribution in [3.8, 4) is 0 Å². The lowest BCUT2D eigenvalue weighted by atomic mass is 10.0. The molecule has 0 radical (unpaired) electrons. The molecule has 0 aromatic carbocycles. The van der Waals surface area contributed by atoms with E-state index in [4.69, 9.17) is 0 Å². The van der Waals surface area contributed by atoms with Crippen LogP contribution in [0.2, 0.25) is 0 Å². The van der Waals surface area contributed by atoms with E-state index in [1.54, 1.807) is 6.26 Å². The minimum atomic E-state index is -0.665. The van der Waals surface area contributed by atoms with Gasteiger partial charge < -0.3 is 5.32 Å². The van der Waals surface area contributed by atoms with Crippen LogP contribution in [0.4, 0.5) is 0 Å². The number of piperidine rings is 1. The molecule has 0 saturated carbocycles. The molecule has 2 unspecified atom stereocenters. The largest absolute Gasteiger partial charge is 0.317 e. The van der Waals surface area contributed by atoms with E-state index in [1.165, 1.54) is 12.8 Å². The van der Waals surface area contributed by atoms with Crippen LogP contribution in [0.5, 0.6) is 0 Å². The van der Waals surface area contributed by atoms with Gasteiger partial charge in [-0.05, 0) is 39.9 Å². The second-order valence-electron chi connectivity index (χ2n) is 4.19. The Balaban J connectivity index is 2.30. The lowest BCUT2D eigenvalue weighted by Crippen LogP contribution is -2.46. The van der Waals surface area contributed by atoms with Gasteiger partial charge in [-0.1, -0.05) is 0 Å². The lowest BCUT2D eigenvalue weighted by Gasteiger charge is -2.35. The van der Waals surface area contributed by atoms with Gasteiger partial charge in [-0.2, -0.15) is 0 Å². The molecule has 1 aliphatic heterocycles. The first-order valence-corrected chi connectivity index (χ1v) is 7.07. The second-order valence-corrected chi connectivity index (χ2v) is 5.67. The molecular weight excluding hydrogens is 196 g/mol. The summed E-state index contributed by atoms with van der Waals surface area (Å²) in [5, 5.41) is 3.32. The van der Waals surface area contributed by atoms with Crippen LogP contribution in [-0.4, -0.2) is 53.3 Å². The summed E-state index contributed by atoms with van der Waals surface area (Å²) in [6, 6.07) is 1.16. The van der Waals surface area contributed by atoms with Gasteiger partial charge in [0.2, 0.25) is 0 Å². The van der Waals surface area contributed by atoms with E-state index in [2.05, 4.69) is 17.1 Å². The smallest absolute Gasteiger partial charge is 0.0385 e. The first kappa shape index (κ1) is 12.1. The lowest BCUT2D eigenvalue weighted by molar-refractivity contribution is 0.166. The molecule has 0 bridgehead atoms. The molecule has 0 spiro atoms. The molecule has 0 aliphatic carbocycles. The molecule has 0 aromatic heterocycles. The van der Waals surface area contributed by atoms with E-state index in [-0.39, 0.29) is 0 Å². The molecule has 1 saturated heterocycles. The first-order chi connectivity index (χ1) is 6.63. The Bertz CT molecular complexity index is 191. The molecule has 1 fully saturated rings. The van der Waals surface area contributed by atoms with Gasteiger partial charge in [0.05, 0.1) is 0 Å². The number of nitrogens with one attached hydrogen (secondary N) is 1. The zero-order valence-electron chi connectivity index (χ0n) is 9.45. The Kier molecular flexibility index (Phi) is 5.06. The van der Waals surface area contributed by atoms with Gasteiger partial charge in [0, 0.05) is 34.9 Å². The second kappa shape index (κ2) is 5.83. The molecule has 1 heterocycles. The summed E-state index contributed by atoms with van der Waals surface area (Å²) in [4.78, 5) is 2.45. The van der Waals surface area contributed by atoms with Gasteiger partial charge in [-0.3, -0.25) is 9.11 Å². The molecule has 1 N–H and O–H groups in total. The summed E-state index contributed by atoms with van der Waals surface area (Å²) in [6.07, 6.45) is 4.23. The van der Waals surface area contributed by atoms with Crippen molar-refractivity contribution in [2.24, 2.45) is 0 Å². The quantitative estimate of drug-likeness (QED) is 0.743. The number of rotatable bonds is 4. The average Bonchev–Trinajstić information content (AvgIpc) is 2.17. The minimum Gasteiger partial charge on any atom is -0.317 e. The maximum absolute atomic E-state index is 11.1. The number of hydrogen-bond donors (Lipinski definition) is 1. The van der Waals surface area contributed by atoms with E-state index >= 15 is 0 Å². The average molecular weight is 218 g/mol. The van der Waals surface area contributed by atoms with Crippen LogP contribution in [0.15, 0.2) is 0 Å². The maximum Gasteiger partial charge on any atom is 0.0385 e. The Morgan fingerprint density at radius 3 is 2.50 bits per heavy atom. The third-order valence-corrected chi connectivity index (χ3v) is 3.99. The third kappa shape index (κ3) is 3.67. The Morgan fingerprint density at radius 2 is 2.07 bits per heavy atom. The van der Waals surface area contributed by atoms with E-state index in [9.17, 15) is 4.21 Å². The van der Waals surface area contributed by atoms with E-state index in [0.29, 0.717) is 12.1 Å². The van der Waals surface area contributed by atoms with Gasteiger partial charge in [0.25, 0.3) is 0 Å². The number of likely N-dealkylation sites (tertiary alicyclic amines) is 1. The molecule has 1 aliphatic rings. The van der Waals surface area contributed by atoms with Crippen LogP contribution < -0.4 is 5.32 Å². The maximum atomic E-state index is 11.1. The fourth-order valence-electron chi connectivity index (χ4n) is 2.07. The van der Waals surface area contributed by atoms with E-state index < -0.39 is 10.8 Å². The number of hydrogen-bond acceptors (Lipinski definition) is 3. The summed E-state index contributed by atoms with van der Waals surface area (Å²) >= 11 is 0. The summed E-state index contributed by atoms with van der Waals surface area (Å²) in [7, 11) is 1.37. The Morgan fingerprint density at radius 1 is 1.50 bits per heavy atom. The summed E-state index contributed by atoms with van der Waals surface area (Å²) in [5.74, 6) is 0.810. The molecule has 84 valence electrons. The van der Waals surface area contributed by atoms with Crippen molar-refractivity contribution in [3.05, 3.63) is 0 Å². The fraction of sp³-hybridized carbons (Fsp3) is 1.00. The SMILES string of the molecule is CNC1CCN(C(C)CS(C)=O)CC1. The van der Waals surface area contributed by atoms with Gasteiger partial charge in [0.1, 0.15) is 0 Å². The monoisotopic (exact) mass is 218 g/mol. The highest BCUT2D eigenvalue weighted by Crippen LogP contribution is 2.13. The van der Waals surface area contributed by atoms with Crippen LogP contribution in [0.25, 0.3) is 0 Å². The predicted molar refractivity (Wildman–Crippen MR) is 62.1 cm³/mol. The molecule has 4 heteroatoms. The van der Waals surface area contributed by atoms with Crippen molar-refractivity contribution in [2.75, 3.05) is 32.1 Å². The van der Waals surface area contributed by atoms with Crippen molar-refractivity contribution in [1.29, 1.82) is 0 Å². The van der Waals surface area contributed by atoms with Crippen LogP contribution in [-0.2, 0) is 10.8 Å². The van der Waals surface area contributed by atoms with Gasteiger partial charge in [0.15, 0.2) is 0 Å². The van der Waals surface area contributed by atoms with Crippen molar-refractivity contribution in [3.63, 3.8) is 0 Å². The highest BCUT2D eigenvalue weighted by molar-refractivity contribution is 7.84. The predicted octanol–water partition coefficient (Wildman–Crippen LogP) is 0.437. The fourth-order valence-corrected chi connectivity index (χ4v) is 2.96. The van der Waals surface area contributed by atoms with Crippen LogP contribution in [0, 0.1) is 0 Å². The summed E-state index contributed by atoms with van der Waals surface area (Å²) in [5.41, 5.74) is 0. The van der Waals surface area contributed by atoms with Crippen molar-refractivity contribution in [1.82, 2.24) is 10.2 Å². The Hall–Kier alpha value is 0.0700. The van der Waals surface area contributed by atoms with Gasteiger partial charge >= 0.3 is 0 Å². The third-order valence-electron chi connectivity index (χ3n) is 3.04. The first-order valence-electron chi connectivity index (χ1n) is 5.35. The highest BCUT2D eigenvalue weighted by atomic mass is 32.2. The minimum absolute atomic E-state index is 0.471. The standard InChI is InChI=1S/C10H22N2OS/c1-9(8-14(3)13)12-6-4-10(11-2)5-7-12/h9-11H,4-8H2,1-3H3. The van der Waals surface area contributed by atoms with Crippen LogP contribution in [0.3, 0.4) is 0 Å². The van der Waals surface area contributed by atoms with E-state index in [1.807, 2.05) is 7.05 Å². The van der Waals surface area contributed by atoms with E-state index in [0.717, 1.165) is 18.8 Å². The molecule has 3 nitrogen and oxygen atoms in total. The van der Waals surface area contributed by atoms with Crippen LogP contribution in [0.1, 0.15) is 19.8 Å². The summed E-state index contributed by atoms with van der Waals surface area (Å²) < 4.78 is 11.1. The molecule has 1 rings (SSSR count). The van der Waals surface area contributed by atoms with Crippen LogP contribution >= 0.6 is 0 Å². The topological polar surface area (TPSA) is 32.3 Å². The molecule has 0 amide bonds. The number of nitrogens with zero attached hydrogens (tertiary/aromatic N) is 1. The zero-order chi connectivity index (χ0) is 10.6. The molecular formula is C10H22N2OS. The molecule has 2 atom stereocenters. The zero-order valence-corrected chi connectivity index (χ0v) is 10.3. The van der Waals surface area contributed by atoms with Crippen molar-refractivity contribution >= 4 is 10.8 Å². The summed E-state index contributed by atoms with van der Waals surface area (Å²) in [6.45, 7) is 4.47. The van der Waals surface area contributed by atoms with Crippen molar-refractivity contribution < 1.29 is 4.21 Å².